The van der Waals surface area contributed by atoms with Crippen molar-refractivity contribution in [3.63, 3.8) is 0 Å². The van der Waals surface area contributed by atoms with Crippen LogP contribution in [-0.2, 0) is 4.74 Å². The van der Waals surface area contributed by atoms with Gasteiger partial charge in [0.15, 0.2) is 5.65 Å². The highest BCUT2D eigenvalue weighted by molar-refractivity contribution is 5.66. The fourth-order valence-electron chi connectivity index (χ4n) is 2.46. The number of hydrogen-bond donors (Lipinski definition) is 1. The van der Waals surface area contributed by atoms with Crippen LogP contribution in [0.5, 0.6) is 0 Å². The van der Waals surface area contributed by atoms with E-state index < -0.39 is 0 Å². The molecule has 0 fully saturated rings. The van der Waals surface area contributed by atoms with E-state index >= 15 is 0 Å². The summed E-state index contributed by atoms with van der Waals surface area (Å²) in [7, 11) is 1.68. The maximum absolute atomic E-state index is 13.1. The number of hydrogen-bond acceptors (Lipinski definition) is 4. The van der Waals surface area contributed by atoms with Crippen LogP contribution < -0.4 is 5.32 Å². The molecule has 1 aromatic carbocycles. The number of nitrogens with zero attached hydrogens (tertiary/aromatic N) is 3. The van der Waals surface area contributed by atoms with Crippen molar-refractivity contribution in [2.24, 2.45) is 0 Å². The Morgan fingerprint density at radius 3 is 2.74 bits per heavy atom. The third-order valence-electron chi connectivity index (χ3n) is 3.71. The van der Waals surface area contributed by atoms with Gasteiger partial charge in [-0.3, -0.25) is 0 Å². The van der Waals surface area contributed by atoms with Gasteiger partial charge in [-0.05, 0) is 30.7 Å². The third-order valence-corrected chi connectivity index (χ3v) is 3.71. The normalized spacial score (nSPS) is 12.5. The van der Waals surface area contributed by atoms with Crippen LogP contribution >= 0.6 is 0 Å². The lowest BCUT2D eigenvalue weighted by molar-refractivity contribution is 0.184. The number of rotatable bonds is 6. The smallest absolute Gasteiger partial charge is 0.157 e. The minimum atomic E-state index is -0.260. The Balaban J connectivity index is 2.02. The Hall–Kier alpha value is -2.47. The quantitative estimate of drug-likeness (QED) is 0.758. The number of aromatic nitrogens is 3. The second-order valence-electron chi connectivity index (χ2n) is 5.34. The summed E-state index contributed by atoms with van der Waals surface area (Å²) in [6, 6.07) is 10.3. The van der Waals surface area contributed by atoms with Gasteiger partial charge < -0.3 is 10.1 Å². The van der Waals surface area contributed by atoms with Crippen LogP contribution in [0.1, 0.15) is 13.3 Å². The van der Waals surface area contributed by atoms with E-state index in [9.17, 15) is 4.39 Å². The minimum absolute atomic E-state index is 0.177. The molecule has 6 heteroatoms. The Kier molecular flexibility index (Phi) is 4.52. The SMILES string of the molecule is CCC(COC)Nc1cc(-c2ccc(F)cc2)nc2ccnn12. The highest BCUT2D eigenvalue weighted by Crippen LogP contribution is 2.23. The first kappa shape index (κ1) is 15.4. The molecule has 0 spiro atoms. The van der Waals surface area contributed by atoms with Gasteiger partial charge >= 0.3 is 0 Å². The highest BCUT2D eigenvalue weighted by atomic mass is 19.1. The Morgan fingerprint density at radius 2 is 2.04 bits per heavy atom. The predicted molar refractivity (Wildman–Crippen MR) is 88.0 cm³/mol. The second kappa shape index (κ2) is 6.75. The molecule has 0 saturated carbocycles. The average molecular weight is 314 g/mol. The van der Waals surface area contributed by atoms with Crippen LogP contribution in [0.2, 0.25) is 0 Å². The first-order valence-corrected chi connectivity index (χ1v) is 7.57. The van der Waals surface area contributed by atoms with Crippen molar-refractivity contribution in [3.8, 4) is 11.3 Å². The van der Waals surface area contributed by atoms with E-state index in [4.69, 9.17) is 4.74 Å². The lowest BCUT2D eigenvalue weighted by Gasteiger charge is -2.18. The number of benzene rings is 1. The van der Waals surface area contributed by atoms with E-state index in [1.165, 1.54) is 12.1 Å². The molecule has 1 atom stereocenters. The molecule has 5 nitrogen and oxygen atoms in total. The summed E-state index contributed by atoms with van der Waals surface area (Å²) in [4.78, 5) is 4.58. The lowest BCUT2D eigenvalue weighted by Crippen LogP contribution is -2.25. The number of fused-ring (bicyclic) bond motifs is 1. The fraction of sp³-hybridized carbons (Fsp3) is 0.294. The Labute approximate surface area is 134 Å². The van der Waals surface area contributed by atoms with Crippen molar-refractivity contribution in [2.45, 2.75) is 19.4 Å². The maximum Gasteiger partial charge on any atom is 0.157 e. The zero-order chi connectivity index (χ0) is 16.2. The number of nitrogens with one attached hydrogen (secondary N) is 1. The highest BCUT2D eigenvalue weighted by Gasteiger charge is 2.12. The average Bonchev–Trinajstić information content (AvgIpc) is 3.03. The standard InChI is InChI=1S/C17H19FN4O/c1-3-14(11-23-2)20-17-10-15(12-4-6-13(18)7-5-12)21-16-8-9-19-22(16)17/h4-10,14,20H,3,11H2,1-2H3. The topological polar surface area (TPSA) is 51.5 Å². The van der Waals surface area contributed by atoms with Gasteiger partial charge in [0.25, 0.3) is 0 Å². The van der Waals surface area contributed by atoms with E-state index in [1.807, 2.05) is 12.1 Å². The molecule has 0 amide bonds. The minimum Gasteiger partial charge on any atom is -0.383 e. The van der Waals surface area contributed by atoms with Crippen molar-refractivity contribution in [2.75, 3.05) is 19.0 Å². The van der Waals surface area contributed by atoms with E-state index in [-0.39, 0.29) is 11.9 Å². The van der Waals surface area contributed by atoms with Gasteiger partial charge in [0.1, 0.15) is 11.6 Å². The van der Waals surface area contributed by atoms with Crippen molar-refractivity contribution in [3.05, 3.63) is 48.4 Å². The lowest BCUT2D eigenvalue weighted by atomic mass is 10.1. The van der Waals surface area contributed by atoms with E-state index in [2.05, 4.69) is 22.3 Å². The number of methoxy groups -OCH3 is 1. The summed E-state index contributed by atoms with van der Waals surface area (Å²) in [6.07, 6.45) is 2.63. The van der Waals surface area contributed by atoms with E-state index in [1.54, 1.807) is 30.0 Å². The molecule has 2 aromatic heterocycles. The monoisotopic (exact) mass is 314 g/mol. The summed E-state index contributed by atoms with van der Waals surface area (Å²) in [5.74, 6) is 0.576. The van der Waals surface area contributed by atoms with Crippen molar-refractivity contribution in [1.29, 1.82) is 0 Å². The first-order chi connectivity index (χ1) is 11.2. The van der Waals surface area contributed by atoms with Crippen molar-refractivity contribution >= 4 is 11.5 Å². The van der Waals surface area contributed by atoms with Gasteiger partial charge in [-0.15, -0.1) is 0 Å². The zero-order valence-corrected chi connectivity index (χ0v) is 13.2. The van der Waals surface area contributed by atoms with Gasteiger partial charge in [-0.1, -0.05) is 6.92 Å². The van der Waals surface area contributed by atoms with Crippen LogP contribution in [-0.4, -0.2) is 34.4 Å². The number of ether oxygens (including phenoxy) is 1. The molecule has 3 rings (SSSR count). The number of anilines is 1. The van der Waals surface area contributed by atoms with Crippen LogP contribution in [0.15, 0.2) is 42.6 Å². The molecule has 0 radical (unpaired) electrons. The summed E-state index contributed by atoms with van der Waals surface area (Å²) in [5, 5.41) is 7.75. The van der Waals surface area contributed by atoms with Gasteiger partial charge in [-0.2, -0.15) is 9.61 Å². The molecule has 3 aromatic rings. The predicted octanol–water partition coefficient (Wildman–Crippen LogP) is 3.37. The Morgan fingerprint density at radius 1 is 1.26 bits per heavy atom. The van der Waals surface area contributed by atoms with Crippen LogP contribution in [0.4, 0.5) is 10.2 Å². The fourth-order valence-corrected chi connectivity index (χ4v) is 2.46. The number of halogens is 1. The molecule has 23 heavy (non-hydrogen) atoms. The van der Waals surface area contributed by atoms with E-state index in [0.717, 1.165) is 29.1 Å². The van der Waals surface area contributed by atoms with Gasteiger partial charge in [0.05, 0.1) is 24.5 Å². The molecule has 0 aliphatic carbocycles. The maximum atomic E-state index is 13.1. The largest absolute Gasteiger partial charge is 0.383 e. The first-order valence-electron chi connectivity index (χ1n) is 7.57. The second-order valence-corrected chi connectivity index (χ2v) is 5.34. The molecule has 0 bridgehead atoms. The van der Waals surface area contributed by atoms with Crippen molar-refractivity contribution in [1.82, 2.24) is 14.6 Å². The van der Waals surface area contributed by atoms with Crippen molar-refractivity contribution < 1.29 is 9.13 Å². The summed E-state index contributed by atoms with van der Waals surface area (Å²) in [6.45, 7) is 2.70. The summed E-state index contributed by atoms with van der Waals surface area (Å²) < 4.78 is 20.1. The van der Waals surface area contributed by atoms with Gasteiger partial charge in [0.2, 0.25) is 0 Å². The molecule has 0 aliphatic heterocycles. The zero-order valence-electron chi connectivity index (χ0n) is 13.2. The molecule has 0 aliphatic rings. The van der Waals surface area contributed by atoms with Crippen LogP contribution in [0.25, 0.3) is 16.9 Å². The Bertz CT molecular complexity index is 785. The molecular formula is C17H19FN4O. The van der Waals surface area contributed by atoms with Gasteiger partial charge in [0, 0.05) is 24.8 Å². The summed E-state index contributed by atoms with van der Waals surface area (Å²) >= 11 is 0. The molecule has 1 unspecified atom stereocenters. The molecule has 120 valence electrons. The van der Waals surface area contributed by atoms with E-state index in [0.29, 0.717) is 6.61 Å². The molecule has 1 N–H and O–H groups in total. The molecule has 2 heterocycles. The molecule has 0 saturated heterocycles. The third kappa shape index (κ3) is 3.32. The van der Waals surface area contributed by atoms with Crippen LogP contribution in [0.3, 0.4) is 0 Å². The molecular weight excluding hydrogens is 295 g/mol. The van der Waals surface area contributed by atoms with Gasteiger partial charge in [-0.25, -0.2) is 9.37 Å². The summed E-state index contributed by atoms with van der Waals surface area (Å²) in [5.41, 5.74) is 2.37. The van der Waals surface area contributed by atoms with Crippen LogP contribution in [0, 0.1) is 5.82 Å².